The lowest BCUT2D eigenvalue weighted by atomic mass is 10.3. The standard InChI is InChI=1S/C8H10N2O5/c1-2-14-8(13)7-9-5(15-10-7)3-4-6(11)12/h2-4H2,1H3,(H,11,12). The van der Waals surface area contributed by atoms with Gasteiger partial charge in [0.05, 0.1) is 13.0 Å². The van der Waals surface area contributed by atoms with Gasteiger partial charge in [-0.1, -0.05) is 0 Å². The molecule has 15 heavy (non-hydrogen) atoms. The number of aromatic nitrogens is 2. The van der Waals surface area contributed by atoms with Crippen LogP contribution >= 0.6 is 0 Å². The van der Waals surface area contributed by atoms with Crippen LogP contribution in [0.3, 0.4) is 0 Å². The van der Waals surface area contributed by atoms with Crippen LogP contribution in [0.15, 0.2) is 4.52 Å². The van der Waals surface area contributed by atoms with Crippen molar-refractivity contribution in [2.75, 3.05) is 6.61 Å². The molecule has 0 bridgehead atoms. The van der Waals surface area contributed by atoms with Crippen LogP contribution in [0.25, 0.3) is 0 Å². The highest BCUT2D eigenvalue weighted by Crippen LogP contribution is 2.02. The van der Waals surface area contributed by atoms with Crippen molar-refractivity contribution in [3.63, 3.8) is 0 Å². The van der Waals surface area contributed by atoms with Crippen molar-refractivity contribution in [3.05, 3.63) is 11.7 Å². The van der Waals surface area contributed by atoms with E-state index in [2.05, 4.69) is 19.4 Å². The number of carboxylic acid groups (broad SMARTS) is 1. The normalized spacial score (nSPS) is 9.93. The molecule has 1 aromatic heterocycles. The molecule has 0 atom stereocenters. The summed E-state index contributed by atoms with van der Waals surface area (Å²) in [6.45, 7) is 1.88. The monoisotopic (exact) mass is 214 g/mol. The minimum absolute atomic E-state index is 0.0989. The van der Waals surface area contributed by atoms with Gasteiger partial charge in [0, 0.05) is 6.42 Å². The smallest absolute Gasteiger partial charge is 0.379 e. The fourth-order valence-corrected chi connectivity index (χ4v) is 0.849. The molecule has 0 saturated carbocycles. The van der Waals surface area contributed by atoms with Crippen molar-refractivity contribution in [1.29, 1.82) is 0 Å². The zero-order valence-corrected chi connectivity index (χ0v) is 8.10. The number of hydrogen-bond donors (Lipinski definition) is 1. The Balaban J connectivity index is 2.56. The molecule has 0 aliphatic heterocycles. The number of carbonyl (C=O) groups is 2. The van der Waals surface area contributed by atoms with E-state index in [1.54, 1.807) is 6.92 Å². The number of nitrogens with zero attached hydrogens (tertiary/aromatic N) is 2. The maximum absolute atomic E-state index is 11.1. The van der Waals surface area contributed by atoms with E-state index >= 15 is 0 Å². The Morgan fingerprint density at radius 3 is 2.87 bits per heavy atom. The first-order valence-corrected chi connectivity index (χ1v) is 4.35. The topological polar surface area (TPSA) is 103 Å². The number of aliphatic carboxylic acids is 1. The van der Waals surface area contributed by atoms with Gasteiger partial charge in [-0.3, -0.25) is 4.79 Å². The van der Waals surface area contributed by atoms with Gasteiger partial charge in [-0.25, -0.2) is 4.79 Å². The largest absolute Gasteiger partial charge is 0.481 e. The summed E-state index contributed by atoms with van der Waals surface area (Å²) in [7, 11) is 0. The highest BCUT2D eigenvalue weighted by Gasteiger charge is 2.15. The number of rotatable bonds is 5. The summed E-state index contributed by atoms with van der Waals surface area (Å²) in [5, 5.41) is 11.8. The number of aryl methyl sites for hydroxylation is 1. The van der Waals surface area contributed by atoms with Crippen molar-refractivity contribution in [3.8, 4) is 0 Å². The lowest BCUT2D eigenvalue weighted by Crippen LogP contribution is -2.06. The van der Waals surface area contributed by atoms with Crippen molar-refractivity contribution in [2.45, 2.75) is 19.8 Å². The molecule has 1 aromatic rings. The van der Waals surface area contributed by atoms with Gasteiger partial charge in [0.15, 0.2) is 0 Å². The molecule has 0 aliphatic rings. The molecule has 0 amide bonds. The Labute approximate surface area is 85.0 Å². The van der Waals surface area contributed by atoms with E-state index < -0.39 is 11.9 Å². The quantitative estimate of drug-likeness (QED) is 0.701. The van der Waals surface area contributed by atoms with E-state index in [4.69, 9.17) is 5.11 Å². The summed E-state index contributed by atoms with van der Waals surface area (Å²) in [4.78, 5) is 25.0. The molecule has 0 aliphatic carbocycles. The molecule has 0 radical (unpaired) electrons. The fourth-order valence-electron chi connectivity index (χ4n) is 0.849. The van der Waals surface area contributed by atoms with Gasteiger partial charge < -0.3 is 14.4 Å². The van der Waals surface area contributed by atoms with Gasteiger partial charge in [-0.05, 0) is 12.1 Å². The summed E-state index contributed by atoms with van der Waals surface area (Å²) in [6, 6.07) is 0. The third kappa shape index (κ3) is 3.37. The van der Waals surface area contributed by atoms with Crippen molar-refractivity contribution < 1.29 is 24.0 Å². The van der Waals surface area contributed by atoms with Gasteiger partial charge in [0.1, 0.15) is 0 Å². The Morgan fingerprint density at radius 2 is 2.27 bits per heavy atom. The van der Waals surface area contributed by atoms with E-state index in [1.807, 2.05) is 0 Å². The van der Waals surface area contributed by atoms with E-state index in [0.29, 0.717) is 0 Å². The highest BCUT2D eigenvalue weighted by molar-refractivity contribution is 5.84. The molecular formula is C8H10N2O5. The van der Waals surface area contributed by atoms with Crippen molar-refractivity contribution >= 4 is 11.9 Å². The Hall–Kier alpha value is -1.92. The number of esters is 1. The molecule has 82 valence electrons. The lowest BCUT2D eigenvalue weighted by Gasteiger charge is -1.93. The summed E-state index contributed by atoms with van der Waals surface area (Å²) in [6.07, 6.45) is -0.0216. The zero-order valence-electron chi connectivity index (χ0n) is 8.10. The molecule has 0 unspecified atom stereocenters. The highest BCUT2D eigenvalue weighted by atomic mass is 16.5. The van der Waals surface area contributed by atoms with Gasteiger partial charge in [-0.15, -0.1) is 0 Å². The zero-order chi connectivity index (χ0) is 11.3. The number of carboxylic acids is 1. The third-order valence-electron chi connectivity index (χ3n) is 1.48. The summed E-state index contributed by atoms with van der Waals surface area (Å²) < 4.78 is 9.28. The first-order valence-electron chi connectivity index (χ1n) is 4.35. The minimum Gasteiger partial charge on any atom is -0.481 e. The van der Waals surface area contributed by atoms with Crippen molar-refractivity contribution in [2.24, 2.45) is 0 Å². The van der Waals surface area contributed by atoms with Crippen LogP contribution in [-0.4, -0.2) is 33.8 Å². The molecule has 0 fully saturated rings. The fraction of sp³-hybridized carbons (Fsp3) is 0.500. The van der Waals surface area contributed by atoms with Gasteiger partial charge in [-0.2, -0.15) is 4.98 Å². The first-order chi connectivity index (χ1) is 7.13. The predicted molar refractivity (Wildman–Crippen MR) is 46.2 cm³/mol. The molecule has 1 rings (SSSR count). The molecular weight excluding hydrogens is 204 g/mol. The summed E-state index contributed by atoms with van der Waals surface area (Å²) in [5.41, 5.74) is 0. The molecule has 0 aromatic carbocycles. The summed E-state index contributed by atoms with van der Waals surface area (Å²) in [5.74, 6) is -1.72. The Bertz CT molecular complexity index is 360. The maximum atomic E-state index is 11.1. The first kappa shape index (κ1) is 11.2. The van der Waals surface area contributed by atoms with Crippen LogP contribution in [-0.2, 0) is 16.0 Å². The van der Waals surface area contributed by atoms with E-state index in [9.17, 15) is 9.59 Å². The van der Waals surface area contributed by atoms with E-state index in [1.165, 1.54) is 0 Å². The Morgan fingerprint density at radius 1 is 1.53 bits per heavy atom. The van der Waals surface area contributed by atoms with Crippen LogP contribution < -0.4 is 0 Å². The number of carbonyl (C=O) groups excluding carboxylic acids is 1. The second kappa shape index (κ2) is 5.08. The number of hydrogen-bond acceptors (Lipinski definition) is 6. The maximum Gasteiger partial charge on any atom is 0.379 e. The molecule has 7 nitrogen and oxygen atoms in total. The molecule has 1 heterocycles. The molecule has 7 heteroatoms. The van der Waals surface area contributed by atoms with Gasteiger partial charge in [0.25, 0.3) is 5.82 Å². The van der Waals surface area contributed by atoms with Gasteiger partial charge >= 0.3 is 11.9 Å². The van der Waals surface area contributed by atoms with Crippen LogP contribution in [0.4, 0.5) is 0 Å². The van der Waals surface area contributed by atoms with Crippen LogP contribution in [0.5, 0.6) is 0 Å². The second-order valence-corrected chi connectivity index (χ2v) is 2.63. The predicted octanol–water partition coefficient (Wildman–Crippen LogP) is 0.264. The third-order valence-corrected chi connectivity index (χ3v) is 1.48. The van der Waals surface area contributed by atoms with E-state index in [0.717, 1.165) is 0 Å². The average molecular weight is 214 g/mol. The van der Waals surface area contributed by atoms with Crippen LogP contribution in [0.2, 0.25) is 0 Å². The number of ether oxygens (including phenoxy) is 1. The minimum atomic E-state index is -0.967. The average Bonchev–Trinajstić information content (AvgIpc) is 2.63. The molecule has 1 N–H and O–H groups in total. The Kier molecular flexibility index (Phi) is 3.78. The SMILES string of the molecule is CCOC(=O)c1noc(CCC(=O)O)n1. The second-order valence-electron chi connectivity index (χ2n) is 2.63. The molecule has 0 saturated heterocycles. The lowest BCUT2D eigenvalue weighted by molar-refractivity contribution is -0.137. The van der Waals surface area contributed by atoms with Gasteiger partial charge in [0.2, 0.25) is 5.89 Å². The summed E-state index contributed by atoms with van der Waals surface area (Å²) >= 11 is 0. The molecule has 0 spiro atoms. The van der Waals surface area contributed by atoms with Crippen molar-refractivity contribution in [1.82, 2.24) is 10.1 Å². The van der Waals surface area contributed by atoms with Crippen LogP contribution in [0.1, 0.15) is 29.9 Å². The van der Waals surface area contributed by atoms with Crippen LogP contribution in [0, 0.1) is 0 Å². The van der Waals surface area contributed by atoms with E-state index in [-0.39, 0.29) is 31.2 Å².